The van der Waals surface area contributed by atoms with Gasteiger partial charge in [0.25, 0.3) is 0 Å². The summed E-state index contributed by atoms with van der Waals surface area (Å²) in [6, 6.07) is 19.2. The summed E-state index contributed by atoms with van der Waals surface area (Å²) >= 11 is 0. The summed E-state index contributed by atoms with van der Waals surface area (Å²) in [5, 5.41) is 10.5. The van der Waals surface area contributed by atoms with Crippen molar-refractivity contribution < 1.29 is 5.11 Å². The normalized spacial score (nSPS) is 10.6. The van der Waals surface area contributed by atoms with Gasteiger partial charge in [0.15, 0.2) is 0 Å². The molecule has 0 aliphatic carbocycles. The summed E-state index contributed by atoms with van der Waals surface area (Å²) in [4.78, 5) is 4.56. The Kier molecular flexibility index (Phi) is 4.38. The molecule has 3 heteroatoms. The average Bonchev–Trinajstić information content (AvgIpc) is 2.45. The fourth-order valence-electron chi connectivity index (χ4n) is 1.98. The Morgan fingerprint density at radius 2 is 1.70 bits per heavy atom. The van der Waals surface area contributed by atoms with Crippen LogP contribution in [0.1, 0.15) is 11.3 Å². The second-order valence-electron chi connectivity index (χ2n) is 4.36. The largest absolute Gasteiger partial charge is 0.508 e. The smallest absolute Gasteiger partial charge is 0.116 e. The Morgan fingerprint density at radius 3 is 2.55 bits per heavy atom. The second-order valence-corrected chi connectivity index (χ2v) is 4.36. The number of pyridine rings is 1. The Morgan fingerprint density at radius 1 is 0.850 bits per heavy atom. The van der Waals surface area contributed by atoms with Crippen molar-refractivity contribution in [3.63, 3.8) is 0 Å². The topological polar surface area (TPSA) is 33.1 Å². The first-order valence-corrected chi connectivity index (χ1v) is 6.14. The summed E-state index contributed by atoms with van der Waals surface area (Å²) in [6.45, 7) is 0. The molecule has 1 aromatic heterocycles. The van der Waals surface area contributed by atoms with Gasteiger partial charge in [0.1, 0.15) is 5.75 Å². The van der Waals surface area contributed by atoms with Gasteiger partial charge in [-0.1, -0.05) is 42.5 Å². The van der Waals surface area contributed by atoms with Gasteiger partial charge in [-0.25, -0.2) is 4.98 Å². The molecule has 0 atom stereocenters. The van der Waals surface area contributed by atoms with E-state index in [0.29, 0.717) is 0 Å². The average molecular weight is 284 g/mol. The van der Waals surface area contributed by atoms with Crippen LogP contribution in [0.2, 0.25) is 0 Å². The number of fused-ring (bicyclic) bond motifs is 1. The van der Waals surface area contributed by atoms with E-state index in [4.69, 9.17) is 0 Å². The lowest BCUT2D eigenvalue weighted by atomic mass is 10.1. The third-order valence-electron chi connectivity index (χ3n) is 2.94. The maximum absolute atomic E-state index is 9.40. The van der Waals surface area contributed by atoms with Gasteiger partial charge in [0.2, 0.25) is 0 Å². The van der Waals surface area contributed by atoms with E-state index in [-0.39, 0.29) is 18.2 Å². The SMILES string of the molecule is Cl.Oc1cccc(C=Cc2ccc3ccccc3n2)c1. The van der Waals surface area contributed by atoms with Crippen molar-refractivity contribution in [2.24, 2.45) is 0 Å². The molecule has 0 aliphatic rings. The van der Waals surface area contributed by atoms with E-state index >= 15 is 0 Å². The van der Waals surface area contributed by atoms with Crippen LogP contribution in [0.4, 0.5) is 0 Å². The quantitative estimate of drug-likeness (QED) is 0.749. The Labute approximate surface area is 123 Å². The molecule has 0 amide bonds. The van der Waals surface area contributed by atoms with Gasteiger partial charge >= 0.3 is 0 Å². The van der Waals surface area contributed by atoms with E-state index < -0.39 is 0 Å². The minimum Gasteiger partial charge on any atom is -0.508 e. The van der Waals surface area contributed by atoms with Crippen molar-refractivity contribution in [1.82, 2.24) is 4.98 Å². The molecule has 1 N–H and O–H groups in total. The molecular formula is C17H14ClNO. The highest BCUT2D eigenvalue weighted by Gasteiger charge is 1.95. The van der Waals surface area contributed by atoms with Crippen LogP contribution in [-0.2, 0) is 0 Å². The van der Waals surface area contributed by atoms with Crippen molar-refractivity contribution in [2.75, 3.05) is 0 Å². The van der Waals surface area contributed by atoms with Crippen LogP contribution < -0.4 is 0 Å². The second kappa shape index (κ2) is 6.22. The van der Waals surface area contributed by atoms with Gasteiger partial charge in [0.05, 0.1) is 11.2 Å². The van der Waals surface area contributed by atoms with Gasteiger partial charge in [0, 0.05) is 5.39 Å². The Hall–Kier alpha value is -2.32. The maximum atomic E-state index is 9.40. The highest BCUT2D eigenvalue weighted by atomic mass is 35.5. The predicted molar refractivity (Wildman–Crippen MR) is 86.0 cm³/mol. The third-order valence-corrected chi connectivity index (χ3v) is 2.94. The molecular weight excluding hydrogens is 270 g/mol. The summed E-state index contributed by atoms with van der Waals surface area (Å²) in [6.07, 6.45) is 3.89. The number of phenolic OH excluding ortho intramolecular Hbond substituents is 1. The number of rotatable bonds is 2. The highest BCUT2D eigenvalue weighted by Crippen LogP contribution is 2.15. The van der Waals surface area contributed by atoms with Crippen LogP contribution in [0.5, 0.6) is 5.75 Å². The Balaban J connectivity index is 0.00000147. The van der Waals surface area contributed by atoms with Gasteiger partial charge in [-0.3, -0.25) is 0 Å². The standard InChI is InChI=1S/C17H13NO.ClH/c19-16-6-3-4-13(12-16)8-10-15-11-9-14-5-1-2-7-17(14)18-15;/h1-12,19H;1H. The molecule has 2 nitrogen and oxygen atoms in total. The highest BCUT2D eigenvalue weighted by molar-refractivity contribution is 5.85. The monoisotopic (exact) mass is 283 g/mol. The first-order chi connectivity index (χ1) is 9.31. The van der Waals surface area contributed by atoms with E-state index in [0.717, 1.165) is 22.2 Å². The van der Waals surface area contributed by atoms with E-state index in [1.165, 1.54) is 0 Å². The predicted octanol–water partition coefficient (Wildman–Crippen LogP) is 4.53. The fourth-order valence-corrected chi connectivity index (χ4v) is 1.98. The van der Waals surface area contributed by atoms with Crippen LogP contribution in [0, 0.1) is 0 Å². The molecule has 1 heterocycles. The van der Waals surface area contributed by atoms with Crippen LogP contribution in [0.3, 0.4) is 0 Å². The minimum absolute atomic E-state index is 0. The summed E-state index contributed by atoms with van der Waals surface area (Å²) < 4.78 is 0. The summed E-state index contributed by atoms with van der Waals surface area (Å²) in [5.74, 6) is 0.272. The number of halogens is 1. The summed E-state index contributed by atoms with van der Waals surface area (Å²) in [5.41, 5.74) is 2.84. The number of nitrogens with zero attached hydrogens (tertiary/aromatic N) is 1. The number of benzene rings is 2. The lowest BCUT2D eigenvalue weighted by Gasteiger charge is -1.99. The fraction of sp³-hybridized carbons (Fsp3) is 0. The number of hydrogen-bond donors (Lipinski definition) is 1. The van der Waals surface area contributed by atoms with Crippen molar-refractivity contribution in [3.8, 4) is 5.75 Å². The number of phenols is 1. The van der Waals surface area contributed by atoms with E-state index in [1.54, 1.807) is 12.1 Å². The van der Waals surface area contributed by atoms with Crippen LogP contribution in [0.25, 0.3) is 23.1 Å². The molecule has 3 rings (SSSR count). The molecule has 0 unspecified atom stereocenters. The van der Waals surface area contributed by atoms with E-state index in [1.807, 2.05) is 54.6 Å². The molecule has 20 heavy (non-hydrogen) atoms. The van der Waals surface area contributed by atoms with Gasteiger partial charge in [-0.2, -0.15) is 0 Å². The van der Waals surface area contributed by atoms with Crippen LogP contribution >= 0.6 is 12.4 Å². The third kappa shape index (κ3) is 3.16. The lowest BCUT2D eigenvalue weighted by Crippen LogP contribution is -1.82. The van der Waals surface area contributed by atoms with Gasteiger partial charge in [-0.15, -0.1) is 12.4 Å². The van der Waals surface area contributed by atoms with Crippen LogP contribution in [0.15, 0.2) is 60.7 Å². The first-order valence-electron chi connectivity index (χ1n) is 6.14. The zero-order valence-corrected chi connectivity index (χ0v) is 11.5. The van der Waals surface area contributed by atoms with E-state index in [9.17, 15) is 5.11 Å². The molecule has 0 saturated heterocycles. The first kappa shape index (κ1) is 14.1. The molecule has 100 valence electrons. The van der Waals surface area contributed by atoms with E-state index in [2.05, 4.69) is 11.1 Å². The number of aromatic nitrogens is 1. The number of para-hydroxylation sites is 1. The summed E-state index contributed by atoms with van der Waals surface area (Å²) in [7, 11) is 0. The maximum Gasteiger partial charge on any atom is 0.116 e. The Bertz CT molecular complexity index is 753. The molecule has 0 bridgehead atoms. The van der Waals surface area contributed by atoms with Crippen molar-refractivity contribution >= 4 is 35.5 Å². The number of hydrogen-bond acceptors (Lipinski definition) is 2. The van der Waals surface area contributed by atoms with Crippen LogP contribution in [-0.4, -0.2) is 10.1 Å². The zero-order valence-electron chi connectivity index (χ0n) is 10.7. The molecule has 0 saturated carbocycles. The number of aromatic hydroxyl groups is 1. The molecule has 0 aliphatic heterocycles. The molecule has 2 aromatic carbocycles. The van der Waals surface area contributed by atoms with Crippen molar-refractivity contribution in [1.29, 1.82) is 0 Å². The lowest BCUT2D eigenvalue weighted by molar-refractivity contribution is 0.475. The van der Waals surface area contributed by atoms with Gasteiger partial charge < -0.3 is 5.11 Å². The minimum atomic E-state index is 0. The molecule has 3 aromatic rings. The van der Waals surface area contributed by atoms with Gasteiger partial charge in [-0.05, 0) is 35.9 Å². The van der Waals surface area contributed by atoms with Crippen molar-refractivity contribution in [2.45, 2.75) is 0 Å². The molecule has 0 fully saturated rings. The zero-order chi connectivity index (χ0) is 13.1. The van der Waals surface area contributed by atoms with Crippen molar-refractivity contribution in [3.05, 3.63) is 71.9 Å². The molecule has 0 spiro atoms. The molecule has 0 radical (unpaired) electrons.